The highest BCUT2D eigenvalue weighted by molar-refractivity contribution is 9.10. The van der Waals surface area contributed by atoms with Crippen molar-refractivity contribution in [2.24, 2.45) is 10.9 Å². The van der Waals surface area contributed by atoms with Gasteiger partial charge in [-0.25, -0.2) is 4.39 Å². The molecule has 1 aromatic carbocycles. The Balaban J connectivity index is 2.40. The van der Waals surface area contributed by atoms with Crippen molar-refractivity contribution < 1.29 is 14.3 Å². The molecule has 0 amide bonds. The van der Waals surface area contributed by atoms with Crippen LogP contribution in [-0.2, 0) is 0 Å². The normalized spacial score (nSPS) is 11.5. The minimum atomic E-state index is -0.410. The Morgan fingerprint density at radius 2 is 2.31 bits per heavy atom. The largest absolute Gasteiger partial charge is 0.490 e. The van der Waals surface area contributed by atoms with Crippen molar-refractivity contribution in [1.82, 2.24) is 0 Å². The molecule has 88 valence electrons. The first kappa shape index (κ1) is 12.8. The Bertz CT molecular complexity index is 385. The van der Waals surface area contributed by atoms with Crippen LogP contribution in [0.4, 0.5) is 4.39 Å². The first-order valence-electron chi connectivity index (χ1n) is 4.67. The number of oxime groups is 1. The van der Waals surface area contributed by atoms with E-state index in [4.69, 9.17) is 15.7 Å². The summed E-state index contributed by atoms with van der Waals surface area (Å²) in [4.78, 5) is 0. The average Bonchev–Trinajstić information content (AvgIpc) is 2.28. The molecule has 0 aliphatic heterocycles. The van der Waals surface area contributed by atoms with Crippen molar-refractivity contribution in [2.45, 2.75) is 12.8 Å². The molecule has 0 saturated carbocycles. The lowest BCUT2D eigenvalue weighted by Crippen LogP contribution is -2.12. The van der Waals surface area contributed by atoms with Gasteiger partial charge in [0.15, 0.2) is 11.6 Å². The van der Waals surface area contributed by atoms with E-state index < -0.39 is 5.82 Å². The molecule has 0 aliphatic rings. The molecule has 0 aliphatic carbocycles. The fraction of sp³-hybridized carbons (Fsp3) is 0.300. The van der Waals surface area contributed by atoms with Crippen LogP contribution in [0.25, 0.3) is 0 Å². The number of hydrogen-bond acceptors (Lipinski definition) is 3. The number of amidine groups is 1. The van der Waals surface area contributed by atoms with Gasteiger partial charge in [0.2, 0.25) is 0 Å². The molecule has 0 unspecified atom stereocenters. The van der Waals surface area contributed by atoms with E-state index in [9.17, 15) is 4.39 Å². The van der Waals surface area contributed by atoms with Crippen LogP contribution in [0.1, 0.15) is 12.8 Å². The molecule has 1 aromatic rings. The minimum absolute atomic E-state index is 0.137. The molecule has 0 heterocycles. The van der Waals surface area contributed by atoms with E-state index in [2.05, 4.69) is 21.1 Å². The van der Waals surface area contributed by atoms with Crippen molar-refractivity contribution >= 4 is 21.8 Å². The summed E-state index contributed by atoms with van der Waals surface area (Å²) >= 11 is 3.22. The van der Waals surface area contributed by atoms with E-state index in [1.165, 1.54) is 6.07 Å². The van der Waals surface area contributed by atoms with Crippen LogP contribution in [0.5, 0.6) is 5.75 Å². The molecule has 0 spiro atoms. The van der Waals surface area contributed by atoms with Crippen LogP contribution >= 0.6 is 15.9 Å². The van der Waals surface area contributed by atoms with E-state index in [-0.39, 0.29) is 11.6 Å². The first-order valence-corrected chi connectivity index (χ1v) is 5.47. The number of rotatable bonds is 5. The van der Waals surface area contributed by atoms with Gasteiger partial charge in [0.25, 0.3) is 0 Å². The first-order chi connectivity index (χ1) is 7.63. The Morgan fingerprint density at radius 3 is 3.00 bits per heavy atom. The second-order valence-electron chi connectivity index (χ2n) is 3.12. The van der Waals surface area contributed by atoms with Gasteiger partial charge in [-0.2, -0.15) is 0 Å². The van der Waals surface area contributed by atoms with Gasteiger partial charge in [-0.05, 0) is 24.6 Å². The number of ether oxygens (including phenoxy) is 1. The Hall–Kier alpha value is -1.30. The Kier molecular flexibility index (Phi) is 5.04. The summed E-state index contributed by atoms with van der Waals surface area (Å²) in [5, 5.41) is 11.1. The van der Waals surface area contributed by atoms with Crippen molar-refractivity contribution in [3.63, 3.8) is 0 Å². The number of nitrogens with two attached hydrogens (primary N) is 1. The smallest absolute Gasteiger partial charge is 0.165 e. The molecule has 1 rings (SSSR count). The van der Waals surface area contributed by atoms with E-state index in [0.29, 0.717) is 19.4 Å². The lowest BCUT2D eigenvalue weighted by Gasteiger charge is -2.07. The standard InChI is InChI=1S/C10H12BrFN2O2/c11-7-3-4-8(12)9(6-7)16-5-1-2-10(13)14-15/h3-4,6,15H,1-2,5H2,(H2,13,14). The highest BCUT2D eigenvalue weighted by Crippen LogP contribution is 2.22. The van der Waals surface area contributed by atoms with Crippen molar-refractivity contribution in [1.29, 1.82) is 0 Å². The maximum Gasteiger partial charge on any atom is 0.165 e. The molecule has 16 heavy (non-hydrogen) atoms. The van der Waals surface area contributed by atoms with Gasteiger partial charge in [-0.3, -0.25) is 0 Å². The van der Waals surface area contributed by atoms with Gasteiger partial charge in [-0.15, -0.1) is 0 Å². The molecule has 0 atom stereocenters. The molecular formula is C10H12BrFN2O2. The zero-order chi connectivity index (χ0) is 12.0. The zero-order valence-corrected chi connectivity index (χ0v) is 10.1. The fourth-order valence-electron chi connectivity index (χ4n) is 1.07. The molecule has 0 radical (unpaired) electrons. The Labute approximate surface area is 101 Å². The summed E-state index contributed by atoms with van der Waals surface area (Å²) in [7, 11) is 0. The summed E-state index contributed by atoms with van der Waals surface area (Å²) < 4.78 is 19.2. The highest BCUT2D eigenvalue weighted by Gasteiger charge is 2.03. The topological polar surface area (TPSA) is 67.8 Å². The monoisotopic (exact) mass is 290 g/mol. The van der Waals surface area contributed by atoms with E-state index in [0.717, 1.165) is 4.47 Å². The summed E-state index contributed by atoms with van der Waals surface area (Å²) in [6.45, 7) is 0.309. The molecule has 0 aromatic heterocycles. The summed E-state index contributed by atoms with van der Waals surface area (Å²) in [6.07, 6.45) is 0.966. The number of halogens is 2. The van der Waals surface area contributed by atoms with E-state index in [1.807, 2.05) is 0 Å². The molecule has 4 nitrogen and oxygen atoms in total. The highest BCUT2D eigenvalue weighted by atomic mass is 79.9. The quantitative estimate of drug-likeness (QED) is 0.288. The van der Waals surface area contributed by atoms with Crippen molar-refractivity contribution in [3.05, 3.63) is 28.5 Å². The molecule has 0 fully saturated rings. The van der Waals surface area contributed by atoms with Crippen LogP contribution in [0.15, 0.2) is 27.8 Å². The zero-order valence-electron chi connectivity index (χ0n) is 8.49. The van der Waals surface area contributed by atoms with Gasteiger partial charge in [0, 0.05) is 10.9 Å². The number of nitrogens with zero attached hydrogens (tertiary/aromatic N) is 1. The van der Waals surface area contributed by atoms with Gasteiger partial charge < -0.3 is 15.7 Å². The van der Waals surface area contributed by atoms with Crippen molar-refractivity contribution in [3.8, 4) is 5.75 Å². The van der Waals surface area contributed by atoms with E-state index >= 15 is 0 Å². The van der Waals surface area contributed by atoms with E-state index in [1.54, 1.807) is 12.1 Å². The predicted octanol–water partition coefficient (Wildman–Crippen LogP) is 2.49. The average molecular weight is 291 g/mol. The third-order valence-electron chi connectivity index (χ3n) is 1.86. The van der Waals surface area contributed by atoms with Crippen LogP contribution in [0.3, 0.4) is 0 Å². The molecule has 6 heteroatoms. The third kappa shape index (κ3) is 4.06. The second-order valence-corrected chi connectivity index (χ2v) is 4.03. The number of hydrogen-bond donors (Lipinski definition) is 2. The van der Waals surface area contributed by atoms with Crippen LogP contribution in [0.2, 0.25) is 0 Å². The predicted molar refractivity (Wildman–Crippen MR) is 62.2 cm³/mol. The Morgan fingerprint density at radius 1 is 1.56 bits per heavy atom. The lowest BCUT2D eigenvalue weighted by atomic mass is 10.3. The third-order valence-corrected chi connectivity index (χ3v) is 2.35. The maximum atomic E-state index is 13.2. The second kappa shape index (κ2) is 6.32. The summed E-state index contributed by atoms with van der Waals surface area (Å²) in [5.74, 6) is -0.0841. The van der Waals surface area contributed by atoms with Crippen LogP contribution < -0.4 is 10.5 Å². The van der Waals surface area contributed by atoms with Crippen LogP contribution in [-0.4, -0.2) is 17.6 Å². The van der Waals surface area contributed by atoms with Gasteiger partial charge in [0.05, 0.1) is 6.61 Å². The van der Waals surface area contributed by atoms with Gasteiger partial charge >= 0.3 is 0 Å². The summed E-state index contributed by atoms with van der Waals surface area (Å²) in [6, 6.07) is 4.47. The SMILES string of the molecule is N/C(CCCOc1cc(Br)ccc1F)=N/O. The molecular weight excluding hydrogens is 279 g/mol. The van der Waals surface area contributed by atoms with Gasteiger partial charge in [-0.1, -0.05) is 21.1 Å². The summed E-state index contributed by atoms with van der Waals surface area (Å²) in [5.41, 5.74) is 5.27. The van der Waals surface area contributed by atoms with Gasteiger partial charge in [0.1, 0.15) is 5.84 Å². The van der Waals surface area contributed by atoms with Crippen LogP contribution in [0, 0.1) is 5.82 Å². The molecule has 0 saturated heterocycles. The number of benzene rings is 1. The molecule has 3 N–H and O–H groups in total. The lowest BCUT2D eigenvalue weighted by molar-refractivity contribution is 0.294. The minimum Gasteiger partial charge on any atom is -0.490 e. The molecule has 0 bridgehead atoms. The maximum absolute atomic E-state index is 13.2. The van der Waals surface area contributed by atoms with Crippen molar-refractivity contribution in [2.75, 3.05) is 6.61 Å². The fourth-order valence-corrected chi connectivity index (χ4v) is 1.41.